The fourth-order valence-corrected chi connectivity index (χ4v) is 5.03. The van der Waals surface area contributed by atoms with Gasteiger partial charge in [-0.3, -0.25) is 44.3 Å². The molecule has 0 bridgehead atoms. The summed E-state index contributed by atoms with van der Waals surface area (Å²) in [4.78, 5) is 99.9. The molecule has 52 heavy (non-hydrogen) atoms. The van der Waals surface area contributed by atoms with Crippen molar-refractivity contribution in [2.75, 3.05) is 38.1 Å². The van der Waals surface area contributed by atoms with Crippen molar-refractivity contribution < 1.29 is 57.6 Å². The number of hydrogen-bond acceptors (Lipinski definition) is 14. The van der Waals surface area contributed by atoms with E-state index in [1.54, 1.807) is 13.8 Å². The summed E-state index contributed by atoms with van der Waals surface area (Å²) in [7, 11) is 2.61. The van der Waals surface area contributed by atoms with Crippen molar-refractivity contribution in [1.29, 1.82) is 0 Å². The van der Waals surface area contributed by atoms with Crippen LogP contribution in [0.2, 0.25) is 0 Å². The van der Waals surface area contributed by atoms with Gasteiger partial charge < -0.3 is 29.6 Å². The van der Waals surface area contributed by atoms with Crippen LogP contribution >= 0.6 is 0 Å². The summed E-state index contributed by atoms with van der Waals surface area (Å²) >= 11 is 0. The molecule has 0 fully saturated rings. The Morgan fingerprint density at radius 3 is 1.71 bits per heavy atom. The van der Waals surface area contributed by atoms with Crippen LogP contribution in [0.1, 0.15) is 51.3 Å². The molecule has 4 rings (SSSR count). The lowest BCUT2D eigenvalue weighted by Crippen LogP contribution is -2.46. The molecule has 0 saturated heterocycles. The number of benzene rings is 3. The van der Waals surface area contributed by atoms with Crippen LogP contribution in [-0.2, 0) is 23.9 Å². The Hall–Kier alpha value is -6.92. The molecule has 1 aliphatic heterocycles. The SMILES string of the molecule is COc1ccc(NC(=O)COC(=O)c2ccc3c(c2)C(=O)N(C(CC(C)C)C(=O)OCC(=O)Nc2ccc(OC)cc2[N+](=O)[O-])C3=O)c([N+](=O)[O-])c1. The number of esters is 2. The van der Waals surface area contributed by atoms with E-state index in [1.807, 2.05) is 0 Å². The maximum atomic E-state index is 13.5. The maximum absolute atomic E-state index is 13.5. The average molecular weight is 722 g/mol. The van der Waals surface area contributed by atoms with Gasteiger partial charge in [0.2, 0.25) is 0 Å². The highest BCUT2D eigenvalue weighted by molar-refractivity contribution is 6.23. The molecule has 0 spiro atoms. The molecule has 19 heteroatoms. The Labute approximate surface area is 294 Å². The first-order valence-corrected chi connectivity index (χ1v) is 15.2. The number of hydrogen-bond donors (Lipinski definition) is 2. The Morgan fingerprint density at radius 2 is 1.23 bits per heavy atom. The van der Waals surface area contributed by atoms with Gasteiger partial charge in [-0.25, -0.2) is 9.59 Å². The second-order valence-electron chi connectivity index (χ2n) is 11.4. The number of nitro benzene ring substituents is 2. The topological polar surface area (TPSA) is 253 Å². The highest BCUT2D eigenvalue weighted by atomic mass is 16.6. The normalized spacial score (nSPS) is 12.4. The first kappa shape index (κ1) is 37.9. The number of nitro groups is 2. The van der Waals surface area contributed by atoms with Crippen LogP contribution in [-0.4, -0.2) is 83.8 Å². The highest BCUT2D eigenvalue weighted by Crippen LogP contribution is 2.31. The van der Waals surface area contributed by atoms with E-state index < -0.39 is 76.0 Å². The molecule has 4 amide bonds. The molecule has 2 N–H and O–H groups in total. The Balaban J connectivity index is 1.42. The molecule has 1 atom stereocenters. The summed E-state index contributed by atoms with van der Waals surface area (Å²) in [6, 6.07) is 9.29. The van der Waals surface area contributed by atoms with E-state index in [0.29, 0.717) is 4.90 Å². The largest absolute Gasteiger partial charge is 0.496 e. The molecule has 19 nitrogen and oxygen atoms in total. The molecular weight excluding hydrogens is 690 g/mol. The molecule has 3 aromatic rings. The predicted octanol–water partition coefficient (Wildman–Crippen LogP) is 3.51. The van der Waals surface area contributed by atoms with Gasteiger partial charge in [0.05, 0.1) is 52.9 Å². The molecule has 1 unspecified atom stereocenters. The van der Waals surface area contributed by atoms with Gasteiger partial charge in [0.25, 0.3) is 35.0 Å². The van der Waals surface area contributed by atoms with E-state index in [-0.39, 0.29) is 51.9 Å². The van der Waals surface area contributed by atoms with E-state index >= 15 is 0 Å². The molecule has 0 aromatic heterocycles. The van der Waals surface area contributed by atoms with Crippen LogP contribution in [0.25, 0.3) is 0 Å². The minimum absolute atomic E-state index is 0.0633. The smallest absolute Gasteiger partial charge is 0.338 e. The molecule has 3 aromatic carbocycles. The van der Waals surface area contributed by atoms with Crippen molar-refractivity contribution in [2.45, 2.75) is 26.3 Å². The van der Waals surface area contributed by atoms with Crippen LogP contribution in [0.4, 0.5) is 22.7 Å². The lowest BCUT2D eigenvalue weighted by molar-refractivity contribution is -0.384. The number of carbonyl (C=O) groups excluding carboxylic acids is 6. The summed E-state index contributed by atoms with van der Waals surface area (Å²) < 4.78 is 20.1. The van der Waals surface area contributed by atoms with E-state index in [2.05, 4.69) is 10.6 Å². The Kier molecular flexibility index (Phi) is 11.8. The van der Waals surface area contributed by atoms with Crippen LogP contribution in [0.15, 0.2) is 54.6 Å². The molecular formula is C33H31N5O14. The third-order valence-electron chi connectivity index (χ3n) is 7.46. The van der Waals surface area contributed by atoms with E-state index in [9.17, 15) is 49.0 Å². The number of amides is 4. The number of nitrogens with zero attached hydrogens (tertiary/aromatic N) is 3. The van der Waals surface area contributed by atoms with Gasteiger partial charge >= 0.3 is 11.9 Å². The van der Waals surface area contributed by atoms with Crippen molar-refractivity contribution in [3.05, 3.63) is 91.5 Å². The Morgan fingerprint density at radius 1 is 0.731 bits per heavy atom. The first-order chi connectivity index (χ1) is 24.6. The van der Waals surface area contributed by atoms with Crippen LogP contribution in [0.3, 0.4) is 0 Å². The van der Waals surface area contributed by atoms with Crippen molar-refractivity contribution in [1.82, 2.24) is 4.90 Å². The number of rotatable bonds is 15. The number of fused-ring (bicyclic) bond motifs is 1. The number of carbonyl (C=O) groups is 6. The average Bonchev–Trinajstić information content (AvgIpc) is 3.36. The van der Waals surface area contributed by atoms with E-state index in [1.165, 1.54) is 50.6 Å². The van der Waals surface area contributed by atoms with Crippen LogP contribution in [0.5, 0.6) is 11.5 Å². The van der Waals surface area contributed by atoms with Crippen LogP contribution < -0.4 is 20.1 Å². The standard InChI is InChI=1S/C33H31N5O14/c1-17(2)11-27(33(44)52-16-29(40)35-24-10-7-20(50-4)14-26(24)38(47)48)36-30(41)21-8-5-18(12-22(21)31(36)42)32(43)51-15-28(39)34-23-9-6-19(49-3)13-25(23)37(45)46/h5-10,12-14,17,27H,11,15-16H2,1-4H3,(H,34,39)(H,35,40). The second kappa shape index (κ2) is 16.2. The lowest BCUT2D eigenvalue weighted by Gasteiger charge is -2.25. The minimum atomic E-state index is -1.49. The zero-order valence-corrected chi connectivity index (χ0v) is 28.0. The monoisotopic (exact) mass is 721 g/mol. The van der Waals surface area contributed by atoms with Gasteiger partial charge in [-0.15, -0.1) is 0 Å². The van der Waals surface area contributed by atoms with E-state index in [4.69, 9.17) is 18.9 Å². The maximum Gasteiger partial charge on any atom is 0.338 e. The molecule has 0 saturated carbocycles. The van der Waals surface area contributed by atoms with Crippen molar-refractivity contribution >= 4 is 58.3 Å². The van der Waals surface area contributed by atoms with Gasteiger partial charge in [0.15, 0.2) is 13.2 Å². The number of imide groups is 1. The number of ether oxygens (including phenoxy) is 4. The quantitative estimate of drug-likeness (QED) is 0.0986. The van der Waals surface area contributed by atoms with Gasteiger partial charge in [0, 0.05) is 0 Å². The van der Waals surface area contributed by atoms with Crippen molar-refractivity contribution in [3.63, 3.8) is 0 Å². The first-order valence-electron chi connectivity index (χ1n) is 15.2. The summed E-state index contributed by atoms with van der Waals surface area (Å²) in [5.41, 5.74) is -1.92. The molecule has 1 heterocycles. The number of methoxy groups -OCH3 is 2. The molecule has 272 valence electrons. The van der Waals surface area contributed by atoms with Crippen molar-refractivity contribution in [3.8, 4) is 11.5 Å². The number of anilines is 2. The number of nitrogens with one attached hydrogen (secondary N) is 2. The zero-order valence-electron chi connectivity index (χ0n) is 28.0. The predicted molar refractivity (Wildman–Crippen MR) is 178 cm³/mol. The summed E-state index contributed by atoms with van der Waals surface area (Å²) in [5.74, 6) is -5.75. The third kappa shape index (κ3) is 8.62. The zero-order chi connectivity index (χ0) is 38.3. The van der Waals surface area contributed by atoms with Gasteiger partial charge in [-0.2, -0.15) is 0 Å². The molecule has 1 aliphatic rings. The Bertz CT molecular complexity index is 1980. The third-order valence-corrected chi connectivity index (χ3v) is 7.46. The fourth-order valence-electron chi connectivity index (χ4n) is 5.03. The van der Waals surface area contributed by atoms with Crippen molar-refractivity contribution in [2.24, 2.45) is 5.92 Å². The fraction of sp³-hybridized carbons (Fsp3) is 0.273. The summed E-state index contributed by atoms with van der Waals surface area (Å²) in [6.07, 6.45) is -0.0633. The van der Waals surface area contributed by atoms with Gasteiger partial charge in [0.1, 0.15) is 28.9 Å². The van der Waals surface area contributed by atoms with Crippen LogP contribution in [0, 0.1) is 26.1 Å². The molecule has 0 radical (unpaired) electrons. The highest BCUT2D eigenvalue weighted by Gasteiger charge is 2.44. The lowest BCUT2D eigenvalue weighted by atomic mass is 10.0. The van der Waals surface area contributed by atoms with Gasteiger partial charge in [-0.1, -0.05) is 13.8 Å². The van der Waals surface area contributed by atoms with E-state index in [0.717, 1.165) is 18.2 Å². The summed E-state index contributed by atoms with van der Waals surface area (Å²) in [5, 5.41) is 27.4. The van der Waals surface area contributed by atoms with Gasteiger partial charge in [-0.05, 0) is 54.8 Å². The summed E-state index contributed by atoms with van der Waals surface area (Å²) in [6.45, 7) is 1.66. The second-order valence-corrected chi connectivity index (χ2v) is 11.4. The molecule has 0 aliphatic carbocycles. The minimum Gasteiger partial charge on any atom is -0.496 e.